The molecule has 2 heterocycles. The van der Waals surface area contributed by atoms with Gasteiger partial charge in [0.2, 0.25) is 0 Å². The minimum atomic E-state index is 0.551. The van der Waals surface area contributed by atoms with Gasteiger partial charge in [-0.05, 0) is 45.3 Å². The maximum absolute atomic E-state index is 4.72. The van der Waals surface area contributed by atoms with Gasteiger partial charge < -0.3 is 5.32 Å². The SMILES string of the molecule is CCC(CC)n1ccc(CN(C)CC2CCCN2)n1. The number of hydrogen-bond acceptors (Lipinski definition) is 3. The molecule has 0 amide bonds. The molecule has 4 nitrogen and oxygen atoms in total. The first kappa shape index (κ1) is 14.5. The van der Waals surface area contributed by atoms with Crippen molar-refractivity contribution in [1.82, 2.24) is 20.0 Å². The molecule has 1 aliphatic rings. The van der Waals surface area contributed by atoms with E-state index in [-0.39, 0.29) is 0 Å². The Labute approximate surface area is 117 Å². The summed E-state index contributed by atoms with van der Waals surface area (Å²) in [5, 5.41) is 8.27. The number of nitrogens with zero attached hydrogens (tertiary/aromatic N) is 3. The monoisotopic (exact) mass is 264 g/mol. The van der Waals surface area contributed by atoms with E-state index in [9.17, 15) is 0 Å². The molecule has 1 aromatic heterocycles. The van der Waals surface area contributed by atoms with Gasteiger partial charge >= 0.3 is 0 Å². The molecule has 4 heteroatoms. The van der Waals surface area contributed by atoms with E-state index >= 15 is 0 Å². The predicted octanol–water partition coefficient (Wildman–Crippen LogP) is 2.43. The zero-order valence-electron chi connectivity index (χ0n) is 12.6. The summed E-state index contributed by atoms with van der Waals surface area (Å²) in [6.07, 6.45) is 7.07. The molecular formula is C15H28N4. The van der Waals surface area contributed by atoms with E-state index in [1.54, 1.807) is 0 Å². The highest BCUT2D eigenvalue weighted by atomic mass is 15.3. The summed E-state index contributed by atoms with van der Waals surface area (Å²) >= 11 is 0. The maximum atomic E-state index is 4.72. The summed E-state index contributed by atoms with van der Waals surface area (Å²) < 4.78 is 2.14. The topological polar surface area (TPSA) is 33.1 Å². The standard InChI is InChI=1S/C15H28N4/c1-4-15(5-2)19-10-8-14(17-19)12-18(3)11-13-7-6-9-16-13/h8,10,13,15-16H,4-7,9,11-12H2,1-3H3. The van der Waals surface area contributed by atoms with Crippen LogP contribution in [-0.2, 0) is 6.54 Å². The van der Waals surface area contributed by atoms with E-state index in [1.165, 1.54) is 25.1 Å². The zero-order chi connectivity index (χ0) is 13.7. The molecule has 1 saturated heterocycles. The second-order valence-corrected chi connectivity index (χ2v) is 5.75. The number of aromatic nitrogens is 2. The lowest BCUT2D eigenvalue weighted by Crippen LogP contribution is -2.35. The van der Waals surface area contributed by atoms with Crippen molar-refractivity contribution in [2.75, 3.05) is 20.1 Å². The van der Waals surface area contributed by atoms with Gasteiger partial charge in [-0.1, -0.05) is 13.8 Å². The van der Waals surface area contributed by atoms with E-state index in [1.807, 2.05) is 0 Å². The largest absolute Gasteiger partial charge is 0.313 e. The Morgan fingerprint density at radius 3 is 2.89 bits per heavy atom. The number of rotatable bonds is 7. The lowest BCUT2D eigenvalue weighted by molar-refractivity contribution is 0.287. The molecule has 0 aliphatic carbocycles. The summed E-state index contributed by atoms with van der Waals surface area (Å²) in [7, 11) is 2.19. The average Bonchev–Trinajstić information content (AvgIpc) is 3.03. The minimum absolute atomic E-state index is 0.551. The molecule has 0 radical (unpaired) electrons. The summed E-state index contributed by atoms with van der Waals surface area (Å²) in [5.74, 6) is 0. The van der Waals surface area contributed by atoms with Gasteiger partial charge in [0, 0.05) is 25.3 Å². The van der Waals surface area contributed by atoms with Gasteiger partial charge in [-0.2, -0.15) is 5.10 Å². The van der Waals surface area contributed by atoms with Crippen LogP contribution in [0.15, 0.2) is 12.3 Å². The fourth-order valence-electron chi connectivity index (χ4n) is 2.96. The average molecular weight is 264 g/mol. The Bertz CT molecular complexity index is 364. The molecule has 2 rings (SSSR count). The van der Waals surface area contributed by atoms with E-state index in [2.05, 4.69) is 48.1 Å². The van der Waals surface area contributed by atoms with Crippen molar-refractivity contribution in [3.63, 3.8) is 0 Å². The van der Waals surface area contributed by atoms with Crippen LogP contribution in [0.1, 0.15) is 51.3 Å². The van der Waals surface area contributed by atoms with Crippen LogP contribution in [0.4, 0.5) is 0 Å². The molecule has 1 atom stereocenters. The number of hydrogen-bond donors (Lipinski definition) is 1. The van der Waals surface area contributed by atoms with Crippen molar-refractivity contribution in [1.29, 1.82) is 0 Å². The van der Waals surface area contributed by atoms with Crippen LogP contribution < -0.4 is 5.32 Å². The molecule has 19 heavy (non-hydrogen) atoms. The van der Waals surface area contributed by atoms with Gasteiger partial charge in [-0.15, -0.1) is 0 Å². The van der Waals surface area contributed by atoms with Gasteiger partial charge in [-0.25, -0.2) is 0 Å². The summed E-state index contributed by atoms with van der Waals surface area (Å²) in [4.78, 5) is 2.38. The third-order valence-electron chi connectivity index (χ3n) is 4.11. The smallest absolute Gasteiger partial charge is 0.0764 e. The third kappa shape index (κ3) is 4.05. The second kappa shape index (κ2) is 7.06. The Morgan fingerprint density at radius 2 is 2.26 bits per heavy atom. The van der Waals surface area contributed by atoms with E-state index in [0.717, 1.165) is 25.9 Å². The zero-order valence-corrected chi connectivity index (χ0v) is 12.6. The first-order valence-corrected chi connectivity index (χ1v) is 7.68. The lowest BCUT2D eigenvalue weighted by atomic mass is 10.2. The van der Waals surface area contributed by atoms with Crippen LogP contribution >= 0.6 is 0 Å². The molecule has 0 bridgehead atoms. The highest BCUT2D eigenvalue weighted by molar-refractivity contribution is 4.99. The Kier molecular flexibility index (Phi) is 5.40. The van der Waals surface area contributed by atoms with Crippen LogP contribution in [0.5, 0.6) is 0 Å². The number of likely N-dealkylation sites (N-methyl/N-ethyl adjacent to an activating group) is 1. The van der Waals surface area contributed by atoms with Crippen LogP contribution in [0, 0.1) is 0 Å². The van der Waals surface area contributed by atoms with Crippen molar-refractivity contribution in [2.45, 2.75) is 58.2 Å². The second-order valence-electron chi connectivity index (χ2n) is 5.75. The van der Waals surface area contributed by atoms with Crippen molar-refractivity contribution >= 4 is 0 Å². The fraction of sp³-hybridized carbons (Fsp3) is 0.800. The maximum Gasteiger partial charge on any atom is 0.0764 e. The van der Waals surface area contributed by atoms with Gasteiger partial charge in [0.25, 0.3) is 0 Å². The number of nitrogens with one attached hydrogen (secondary N) is 1. The van der Waals surface area contributed by atoms with Gasteiger partial charge in [0.05, 0.1) is 11.7 Å². The minimum Gasteiger partial charge on any atom is -0.313 e. The Morgan fingerprint density at radius 1 is 1.47 bits per heavy atom. The molecule has 0 aromatic carbocycles. The van der Waals surface area contributed by atoms with Gasteiger partial charge in [0.1, 0.15) is 0 Å². The summed E-state index contributed by atoms with van der Waals surface area (Å²) in [6.45, 7) is 7.71. The van der Waals surface area contributed by atoms with Crippen molar-refractivity contribution in [3.05, 3.63) is 18.0 Å². The lowest BCUT2D eigenvalue weighted by Gasteiger charge is -2.20. The van der Waals surface area contributed by atoms with E-state index < -0.39 is 0 Å². The highest BCUT2D eigenvalue weighted by Gasteiger charge is 2.16. The van der Waals surface area contributed by atoms with E-state index in [4.69, 9.17) is 5.10 Å². The highest BCUT2D eigenvalue weighted by Crippen LogP contribution is 2.15. The first-order valence-electron chi connectivity index (χ1n) is 7.68. The van der Waals surface area contributed by atoms with Crippen LogP contribution in [0.2, 0.25) is 0 Å². The van der Waals surface area contributed by atoms with Gasteiger partial charge in [-0.3, -0.25) is 9.58 Å². The quantitative estimate of drug-likeness (QED) is 0.821. The molecule has 1 fully saturated rings. The normalized spacial score (nSPS) is 19.7. The third-order valence-corrected chi connectivity index (χ3v) is 4.11. The molecule has 1 aromatic rings. The predicted molar refractivity (Wildman–Crippen MR) is 79.2 cm³/mol. The van der Waals surface area contributed by atoms with Crippen LogP contribution in [-0.4, -0.2) is 40.9 Å². The van der Waals surface area contributed by atoms with E-state index in [0.29, 0.717) is 12.1 Å². The van der Waals surface area contributed by atoms with Crippen molar-refractivity contribution in [3.8, 4) is 0 Å². The summed E-state index contributed by atoms with van der Waals surface area (Å²) in [6, 6.07) is 3.39. The molecule has 0 saturated carbocycles. The fourth-order valence-corrected chi connectivity index (χ4v) is 2.96. The van der Waals surface area contributed by atoms with Crippen molar-refractivity contribution < 1.29 is 0 Å². The molecule has 1 N–H and O–H groups in total. The molecule has 1 aliphatic heterocycles. The Hall–Kier alpha value is -0.870. The van der Waals surface area contributed by atoms with Crippen LogP contribution in [0.25, 0.3) is 0 Å². The molecule has 108 valence electrons. The Balaban J connectivity index is 1.84. The van der Waals surface area contributed by atoms with Gasteiger partial charge in [0.15, 0.2) is 0 Å². The summed E-state index contributed by atoms with van der Waals surface area (Å²) in [5.41, 5.74) is 1.19. The molecule has 1 unspecified atom stereocenters. The molecule has 0 spiro atoms. The van der Waals surface area contributed by atoms with Crippen molar-refractivity contribution in [2.24, 2.45) is 0 Å². The van der Waals surface area contributed by atoms with Crippen LogP contribution in [0.3, 0.4) is 0 Å². The first-order chi connectivity index (χ1) is 9.22. The molecular weight excluding hydrogens is 236 g/mol.